The van der Waals surface area contributed by atoms with Gasteiger partial charge in [-0.3, -0.25) is 14.4 Å². The number of hydrogen-bond donors (Lipinski definition) is 3. The lowest BCUT2D eigenvalue weighted by molar-refractivity contribution is -0.222. The molecule has 1 aromatic heterocycles. The van der Waals surface area contributed by atoms with Crippen LogP contribution in [0.3, 0.4) is 0 Å². The number of ether oxygens (including phenoxy) is 1. The highest BCUT2D eigenvalue weighted by Gasteiger charge is 2.48. The molecular weight excluding hydrogens is 312 g/mol. The molecule has 8 heteroatoms. The van der Waals surface area contributed by atoms with Crippen LogP contribution in [-0.2, 0) is 16.6 Å². The third-order valence-electron chi connectivity index (χ3n) is 5.07. The number of aliphatic hydroxyl groups excluding tert-OH is 1. The van der Waals surface area contributed by atoms with Crippen molar-refractivity contribution < 1.29 is 19.7 Å². The Labute approximate surface area is 141 Å². The zero-order valence-electron chi connectivity index (χ0n) is 14.2. The summed E-state index contributed by atoms with van der Waals surface area (Å²) in [6, 6.07) is 0. The van der Waals surface area contributed by atoms with Gasteiger partial charge in [0, 0.05) is 32.8 Å². The molecule has 3 heterocycles. The van der Waals surface area contributed by atoms with E-state index in [0.29, 0.717) is 18.7 Å². The summed E-state index contributed by atoms with van der Waals surface area (Å²) in [6.45, 7) is 3.60. The van der Waals surface area contributed by atoms with Crippen LogP contribution in [0.15, 0.2) is 12.4 Å². The number of likely N-dealkylation sites (tertiary alicyclic amines) is 1. The van der Waals surface area contributed by atoms with Crippen LogP contribution in [0.5, 0.6) is 0 Å². The highest BCUT2D eigenvalue weighted by Crippen LogP contribution is 2.39. The number of nitrogens with one attached hydrogen (secondary N) is 1. The van der Waals surface area contributed by atoms with E-state index in [1.807, 2.05) is 0 Å². The number of carbonyl (C=O) groups is 1. The van der Waals surface area contributed by atoms with E-state index in [1.54, 1.807) is 31.0 Å². The van der Waals surface area contributed by atoms with Crippen molar-refractivity contribution >= 4 is 11.6 Å². The van der Waals surface area contributed by atoms with E-state index < -0.39 is 11.7 Å². The number of aliphatic hydroxyl groups is 2. The van der Waals surface area contributed by atoms with Crippen LogP contribution in [0.1, 0.15) is 26.2 Å². The summed E-state index contributed by atoms with van der Waals surface area (Å²) in [7, 11) is 1.80. The van der Waals surface area contributed by atoms with E-state index in [9.17, 15) is 15.0 Å². The first-order valence-electron chi connectivity index (χ1n) is 8.33. The summed E-state index contributed by atoms with van der Waals surface area (Å²) in [5.74, 6) is -0.0640. The zero-order valence-corrected chi connectivity index (χ0v) is 14.2. The predicted octanol–water partition coefficient (Wildman–Crippen LogP) is -0.275. The van der Waals surface area contributed by atoms with E-state index in [1.165, 1.54) is 0 Å². The van der Waals surface area contributed by atoms with E-state index in [2.05, 4.69) is 15.3 Å². The summed E-state index contributed by atoms with van der Waals surface area (Å²) in [6.07, 6.45) is 4.45. The van der Waals surface area contributed by atoms with Crippen LogP contribution < -0.4 is 5.32 Å². The van der Waals surface area contributed by atoms with Crippen LogP contribution in [-0.4, -0.2) is 74.3 Å². The number of aromatic nitrogens is 2. The second kappa shape index (κ2) is 6.44. The molecule has 0 radical (unpaired) electrons. The quantitative estimate of drug-likeness (QED) is 0.701. The molecule has 0 aliphatic carbocycles. The second-order valence-electron chi connectivity index (χ2n) is 7.27. The molecule has 3 rings (SSSR count). The topological polar surface area (TPSA) is 99.9 Å². The first-order valence-corrected chi connectivity index (χ1v) is 8.33. The number of rotatable bonds is 3. The lowest BCUT2D eigenvalue weighted by Gasteiger charge is -2.49. The molecule has 2 fully saturated rings. The van der Waals surface area contributed by atoms with Gasteiger partial charge in [0.15, 0.2) is 0 Å². The molecule has 0 unspecified atom stereocenters. The zero-order chi connectivity index (χ0) is 17.4. The molecule has 3 N–H and O–H groups in total. The van der Waals surface area contributed by atoms with Crippen molar-refractivity contribution in [1.82, 2.24) is 14.7 Å². The fourth-order valence-electron chi connectivity index (χ4n) is 3.59. The predicted molar refractivity (Wildman–Crippen MR) is 87.4 cm³/mol. The van der Waals surface area contributed by atoms with Crippen LogP contribution in [0, 0.1) is 0 Å². The smallest absolute Gasteiger partial charge is 0.238 e. The van der Waals surface area contributed by atoms with Gasteiger partial charge in [-0.1, -0.05) is 0 Å². The Morgan fingerprint density at radius 2 is 2.21 bits per heavy atom. The first-order chi connectivity index (χ1) is 11.3. The Hall–Kier alpha value is -1.48. The van der Waals surface area contributed by atoms with E-state index in [4.69, 9.17) is 4.74 Å². The van der Waals surface area contributed by atoms with E-state index in [0.717, 1.165) is 25.9 Å². The van der Waals surface area contributed by atoms with Crippen molar-refractivity contribution in [2.45, 2.75) is 43.5 Å². The van der Waals surface area contributed by atoms with Crippen molar-refractivity contribution in [3.05, 3.63) is 12.4 Å². The van der Waals surface area contributed by atoms with Gasteiger partial charge in [0.05, 0.1) is 36.2 Å². The van der Waals surface area contributed by atoms with Crippen molar-refractivity contribution in [3.8, 4) is 0 Å². The molecule has 134 valence electrons. The monoisotopic (exact) mass is 338 g/mol. The van der Waals surface area contributed by atoms with Gasteiger partial charge < -0.3 is 20.3 Å². The van der Waals surface area contributed by atoms with Gasteiger partial charge in [0.2, 0.25) is 5.91 Å². The average Bonchev–Trinajstić information content (AvgIpc) is 2.91. The van der Waals surface area contributed by atoms with Gasteiger partial charge in [-0.15, -0.1) is 0 Å². The summed E-state index contributed by atoms with van der Waals surface area (Å²) < 4.78 is 7.50. The summed E-state index contributed by atoms with van der Waals surface area (Å²) in [4.78, 5) is 14.2. The molecular formula is C16H26N4O4. The number of carbonyl (C=O) groups excluding carboxylic acids is 1. The van der Waals surface area contributed by atoms with Gasteiger partial charge in [-0.2, -0.15) is 5.10 Å². The Kier molecular flexibility index (Phi) is 4.65. The number of piperidine rings is 1. The molecule has 1 aromatic rings. The molecule has 2 saturated heterocycles. The van der Waals surface area contributed by atoms with Gasteiger partial charge in [-0.05, 0) is 19.8 Å². The highest BCUT2D eigenvalue weighted by atomic mass is 16.5. The van der Waals surface area contributed by atoms with Crippen molar-refractivity contribution in [2.75, 3.05) is 31.6 Å². The van der Waals surface area contributed by atoms with Crippen molar-refractivity contribution in [3.63, 3.8) is 0 Å². The Morgan fingerprint density at radius 1 is 1.50 bits per heavy atom. The standard InChI is InChI=1S/C16H26N4O4/c1-15(23)11-16(24-10-13(15)21)3-5-20(6-4-16)9-14(22)18-12-7-17-19(2)8-12/h7-8,13,21,23H,3-6,9-11H2,1-2H3,(H,18,22)/t13-,15-/m0/s1. The third kappa shape index (κ3) is 3.77. The van der Waals surface area contributed by atoms with Crippen molar-refractivity contribution in [1.29, 1.82) is 0 Å². The SMILES string of the molecule is Cn1cc(NC(=O)CN2CCC3(CC2)C[C@](C)(O)[C@@H](O)CO3)cn1. The number of nitrogens with zero attached hydrogens (tertiary/aromatic N) is 3. The Bertz CT molecular complexity index is 593. The Morgan fingerprint density at radius 3 is 2.79 bits per heavy atom. The molecule has 24 heavy (non-hydrogen) atoms. The van der Waals surface area contributed by atoms with Crippen LogP contribution >= 0.6 is 0 Å². The summed E-state index contributed by atoms with van der Waals surface area (Å²) in [5.41, 5.74) is -0.811. The molecule has 0 aromatic carbocycles. The normalized spacial score (nSPS) is 30.4. The van der Waals surface area contributed by atoms with Gasteiger partial charge >= 0.3 is 0 Å². The summed E-state index contributed by atoms with van der Waals surface area (Å²) in [5, 5.41) is 27.0. The number of anilines is 1. The summed E-state index contributed by atoms with van der Waals surface area (Å²) >= 11 is 0. The first kappa shape index (κ1) is 17.3. The van der Waals surface area contributed by atoms with Crippen LogP contribution in [0.25, 0.3) is 0 Å². The van der Waals surface area contributed by atoms with Gasteiger partial charge in [-0.25, -0.2) is 0 Å². The lowest BCUT2D eigenvalue weighted by Crippen LogP contribution is -2.59. The van der Waals surface area contributed by atoms with Crippen LogP contribution in [0.4, 0.5) is 5.69 Å². The van der Waals surface area contributed by atoms with Crippen LogP contribution in [0.2, 0.25) is 0 Å². The molecule has 2 aliphatic heterocycles. The number of aryl methyl sites for hydroxylation is 1. The molecule has 1 spiro atoms. The number of hydrogen-bond acceptors (Lipinski definition) is 6. The maximum Gasteiger partial charge on any atom is 0.238 e. The maximum atomic E-state index is 12.1. The third-order valence-corrected chi connectivity index (χ3v) is 5.07. The molecule has 8 nitrogen and oxygen atoms in total. The fraction of sp³-hybridized carbons (Fsp3) is 0.750. The second-order valence-corrected chi connectivity index (χ2v) is 7.27. The fourth-order valence-corrected chi connectivity index (χ4v) is 3.59. The molecule has 0 bridgehead atoms. The molecule has 2 atom stereocenters. The van der Waals surface area contributed by atoms with Gasteiger partial charge in [0.25, 0.3) is 0 Å². The molecule has 1 amide bonds. The van der Waals surface area contributed by atoms with Crippen molar-refractivity contribution in [2.24, 2.45) is 7.05 Å². The lowest BCUT2D eigenvalue weighted by atomic mass is 9.76. The average molecular weight is 338 g/mol. The number of amides is 1. The maximum absolute atomic E-state index is 12.1. The Balaban J connectivity index is 1.49. The largest absolute Gasteiger partial charge is 0.388 e. The molecule has 2 aliphatic rings. The minimum absolute atomic E-state index is 0.0640. The molecule has 0 saturated carbocycles. The minimum Gasteiger partial charge on any atom is -0.388 e. The van der Waals surface area contributed by atoms with Gasteiger partial charge in [0.1, 0.15) is 6.10 Å². The van der Waals surface area contributed by atoms with E-state index in [-0.39, 0.29) is 18.1 Å². The minimum atomic E-state index is -1.11. The van der Waals surface area contributed by atoms with E-state index >= 15 is 0 Å². The highest BCUT2D eigenvalue weighted by molar-refractivity contribution is 5.91.